The van der Waals surface area contributed by atoms with Gasteiger partial charge in [-0.3, -0.25) is 0 Å². The topological polar surface area (TPSA) is 13.1 Å². The molecule has 0 unspecified atom stereocenters. The summed E-state index contributed by atoms with van der Waals surface area (Å²) >= 11 is 0. The summed E-state index contributed by atoms with van der Waals surface area (Å²) in [6, 6.07) is 2.06. The van der Waals surface area contributed by atoms with Gasteiger partial charge in [-0.05, 0) is 26.3 Å². The summed E-state index contributed by atoms with van der Waals surface area (Å²) in [7, 11) is 0. The molecule has 0 aromatic carbocycles. The Hall–Kier alpha value is -0.980. The second-order valence-electron chi connectivity index (χ2n) is 2.68. The zero-order chi connectivity index (χ0) is 8.27. The number of rotatable bonds is 2. The molecule has 1 heterocycles. The van der Waals surface area contributed by atoms with Gasteiger partial charge in [-0.2, -0.15) is 0 Å². The summed E-state index contributed by atoms with van der Waals surface area (Å²) in [5, 5.41) is 0. The molecule has 0 aliphatic rings. The lowest BCUT2D eigenvalue weighted by Crippen LogP contribution is -1.67. The van der Waals surface area contributed by atoms with E-state index in [-0.39, 0.29) is 0 Å². The fourth-order valence-electron chi connectivity index (χ4n) is 1.06. The summed E-state index contributed by atoms with van der Waals surface area (Å²) in [6.45, 7) is 6.08. The van der Waals surface area contributed by atoms with Gasteiger partial charge in [0, 0.05) is 5.56 Å². The van der Waals surface area contributed by atoms with Crippen LogP contribution < -0.4 is 0 Å². The minimum atomic E-state index is 0.984. The molecule has 0 spiro atoms. The van der Waals surface area contributed by atoms with Gasteiger partial charge >= 0.3 is 0 Å². The second-order valence-corrected chi connectivity index (χ2v) is 2.68. The van der Waals surface area contributed by atoms with Crippen molar-refractivity contribution >= 4 is 6.08 Å². The molecular formula is C10H14O. The van der Waals surface area contributed by atoms with Gasteiger partial charge in [0.25, 0.3) is 0 Å². The summed E-state index contributed by atoms with van der Waals surface area (Å²) in [6.07, 6.45) is 5.31. The minimum absolute atomic E-state index is 0.984. The molecule has 0 amide bonds. The summed E-state index contributed by atoms with van der Waals surface area (Å²) in [5.74, 6) is 1.99. The molecule has 1 aromatic heterocycles. The van der Waals surface area contributed by atoms with Crippen LogP contribution in [0, 0.1) is 13.8 Å². The Balaban J connectivity index is 2.85. The van der Waals surface area contributed by atoms with Crippen LogP contribution in [0.2, 0.25) is 0 Å². The standard InChI is InChI=1S/C10H14O/c1-4-5-6-10-7-8(2)11-9(10)3/h5-7H,4H2,1-3H3/b6-5-. The van der Waals surface area contributed by atoms with Crippen molar-refractivity contribution in [1.82, 2.24) is 0 Å². The average molecular weight is 150 g/mol. The van der Waals surface area contributed by atoms with Gasteiger partial charge in [0.05, 0.1) is 0 Å². The lowest BCUT2D eigenvalue weighted by Gasteiger charge is -1.85. The highest BCUT2D eigenvalue weighted by Crippen LogP contribution is 2.14. The largest absolute Gasteiger partial charge is 0.466 e. The predicted octanol–water partition coefficient (Wildman–Crippen LogP) is 3.32. The van der Waals surface area contributed by atoms with Gasteiger partial charge in [0.2, 0.25) is 0 Å². The Kier molecular flexibility index (Phi) is 2.53. The Morgan fingerprint density at radius 1 is 1.45 bits per heavy atom. The Morgan fingerprint density at radius 2 is 2.18 bits per heavy atom. The molecule has 0 radical (unpaired) electrons. The van der Waals surface area contributed by atoms with E-state index in [2.05, 4.69) is 25.1 Å². The second kappa shape index (κ2) is 3.42. The number of hydrogen-bond acceptors (Lipinski definition) is 1. The van der Waals surface area contributed by atoms with E-state index < -0.39 is 0 Å². The molecule has 11 heavy (non-hydrogen) atoms. The maximum atomic E-state index is 5.36. The van der Waals surface area contributed by atoms with Crippen LogP contribution in [-0.2, 0) is 0 Å². The van der Waals surface area contributed by atoms with Crippen LogP contribution in [0.4, 0.5) is 0 Å². The van der Waals surface area contributed by atoms with Gasteiger partial charge in [-0.1, -0.05) is 19.1 Å². The first-order chi connectivity index (χ1) is 5.24. The van der Waals surface area contributed by atoms with Crippen LogP contribution in [0.15, 0.2) is 16.6 Å². The minimum Gasteiger partial charge on any atom is -0.466 e. The van der Waals surface area contributed by atoms with Crippen molar-refractivity contribution in [3.8, 4) is 0 Å². The van der Waals surface area contributed by atoms with E-state index in [1.165, 1.54) is 5.56 Å². The van der Waals surface area contributed by atoms with Crippen LogP contribution in [0.25, 0.3) is 6.08 Å². The fraction of sp³-hybridized carbons (Fsp3) is 0.400. The molecule has 0 aliphatic heterocycles. The van der Waals surface area contributed by atoms with Crippen LogP contribution in [0.3, 0.4) is 0 Å². The first kappa shape index (κ1) is 8.12. The molecule has 1 rings (SSSR count). The third-order valence-electron chi connectivity index (χ3n) is 1.61. The number of hydrogen-bond donors (Lipinski definition) is 0. The molecule has 1 aromatic rings. The highest BCUT2D eigenvalue weighted by molar-refractivity contribution is 5.51. The average Bonchev–Trinajstić information content (AvgIpc) is 2.26. The van der Waals surface area contributed by atoms with E-state index in [0.29, 0.717) is 0 Å². The third-order valence-corrected chi connectivity index (χ3v) is 1.61. The molecular weight excluding hydrogens is 136 g/mol. The van der Waals surface area contributed by atoms with Crippen LogP contribution in [0.5, 0.6) is 0 Å². The summed E-state index contributed by atoms with van der Waals surface area (Å²) < 4.78 is 5.36. The predicted molar refractivity (Wildman–Crippen MR) is 47.5 cm³/mol. The molecule has 1 heteroatoms. The lowest BCUT2D eigenvalue weighted by atomic mass is 10.2. The van der Waals surface area contributed by atoms with Crippen molar-refractivity contribution in [3.05, 3.63) is 29.2 Å². The molecule has 0 atom stereocenters. The highest BCUT2D eigenvalue weighted by atomic mass is 16.3. The molecule has 0 bridgehead atoms. The number of furan rings is 1. The van der Waals surface area contributed by atoms with Crippen LogP contribution in [0.1, 0.15) is 30.4 Å². The molecule has 1 nitrogen and oxygen atoms in total. The maximum absolute atomic E-state index is 5.36. The van der Waals surface area contributed by atoms with Crippen molar-refractivity contribution in [2.45, 2.75) is 27.2 Å². The molecule has 0 saturated carbocycles. The Labute approximate surface area is 67.7 Å². The molecule has 0 fully saturated rings. The van der Waals surface area contributed by atoms with Crippen molar-refractivity contribution in [2.24, 2.45) is 0 Å². The van der Waals surface area contributed by atoms with Gasteiger partial charge in [-0.25, -0.2) is 0 Å². The van der Waals surface area contributed by atoms with Crippen LogP contribution in [-0.4, -0.2) is 0 Å². The van der Waals surface area contributed by atoms with Crippen molar-refractivity contribution in [3.63, 3.8) is 0 Å². The zero-order valence-electron chi connectivity index (χ0n) is 7.35. The molecule has 60 valence electrons. The van der Waals surface area contributed by atoms with Crippen LogP contribution >= 0.6 is 0 Å². The van der Waals surface area contributed by atoms with E-state index in [4.69, 9.17) is 4.42 Å². The first-order valence-electron chi connectivity index (χ1n) is 3.97. The van der Waals surface area contributed by atoms with Gasteiger partial charge < -0.3 is 4.42 Å². The lowest BCUT2D eigenvalue weighted by molar-refractivity contribution is 0.504. The molecule has 0 aliphatic carbocycles. The smallest absolute Gasteiger partial charge is 0.108 e. The quantitative estimate of drug-likeness (QED) is 0.630. The SMILES string of the molecule is CC/C=C\c1cc(C)oc1C. The number of allylic oxidation sites excluding steroid dienone is 1. The van der Waals surface area contributed by atoms with Gasteiger partial charge in [0.15, 0.2) is 0 Å². The summed E-state index contributed by atoms with van der Waals surface area (Å²) in [4.78, 5) is 0. The first-order valence-corrected chi connectivity index (χ1v) is 3.97. The van der Waals surface area contributed by atoms with Crippen molar-refractivity contribution in [1.29, 1.82) is 0 Å². The normalized spacial score (nSPS) is 11.2. The summed E-state index contributed by atoms with van der Waals surface area (Å²) in [5.41, 5.74) is 1.20. The Morgan fingerprint density at radius 3 is 2.64 bits per heavy atom. The van der Waals surface area contributed by atoms with E-state index in [1.54, 1.807) is 0 Å². The van der Waals surface area contributed by atoms with E-state index in [9.17, 15) is 0 Å². The molecule has 0 saturated heterocycles. The highest BCUT2D eigenvalue weighted by Gasteiger charge is 1.98. The van der Waals surface area contributed by atoms with Crippen molar-refractivity contribution < 1.29 is 4.42 Å². The number of aryl methyl sites for hydroxylation is 2. The van der Waals surface area contributed by atoms with E-state index in [0.717, 1.165) is 17.9 Å². The monoisotopic (exact) mass is 150 g/mol. The van der Waals surface area contributed by atoms with Gasteiger partial charge in [0.1, 0.15) is 11.5 Å². The van der Waals surface area contributed by atoms with Crippen molar-refractivity contribution in [2.75, 3.05) is 0 Å². The Bertz CT molecular complexity index is 256. The van der Waals surface area contributed by atoms with Gasteiger partial charge in [-0.15, -0.1) is 0 Å². The third kappa shape index (κ3) is 1.97. The van der Waals surface area contributed by atoms with E-state index in [1.807, 2.05) is 13.8 Å². The fourth-order valence-corrected chi connectivity index (χ4v) is 1.06. The zero-order valence-corrected chi connectivity index (χ0v) is 7.35. The van der Waals surface area contributed by atoms with E-state index >= 15 is 0 Å². The molecule has 0 N–H and O–H groups in total. The maximum Gasteiger partial charge on any atom is 0.108 e.